The summed E-state index contributed by atoms with van der Waals surface area (Å²) in [7, 11) is 0. The number of anilines is 1. The normalized spacial score (nSPS) is 15.6. The van der Waals surface area contributed by atoms with E-state index in [1.807, 2.05) is 42.5 Å². The molecule has 0 bridgehead atoms. The van der Waals surface area contributed by atoms with Crippen LogP contribution >= 0.6 is 0 Å². The van der Waals surface area contributed by atoms with Crippen LogP contribution < -0.4 is 10.1 Å². The molecule has 0 fully saturated rings. The third-order valence-electron chi connectivity index (χ3n) is 4.20. The van der Waals surface area contributed by atoms with Gasteiger partial charge in [0.1, 0.15) is 11.5 Å². The number of benzene rings is 2. The molecule has 0 saturated heterocycles. The first-order chi connectivity index (χ1) is 11.3. The predicted octanol–water partition coefficient (Wildman–Crippen LogP) is 6.17. The third-order valence-corrected chi connectivity index (χ3v) is 4.20. The zero-order valence-corrected chi connectivity index (χ0v) is 13.8. The minimum Gasteiger partial charge on any atom is -0.457 e. The van der Waals surface area contributed by atoms with Crippen LogP contribution in [0, 0.1) is 0 Å². The molecule has 23 heavy (non-hydrogen) atoms. The van der Waals surface area contributed by atoms with E-state index in [2.05, 4.69) is 30.4 Å². The second-order valence-corrected chi connectivity index (χ2v) is 6.30. The van der Waals surface area contributed by atoms with Gasteiger partial charge in [-0.2, -0.15) is 0 Å². The largest absolute Gasteiger partial charge is 0.457 e. The van der Waals surface area contributed by atoms with Gasteiger partial charge in [-0.1, -0.05) is 29.8 Å². The van der Waals surface area contributed by atoms with E-state index in [9.17, 15) is 0 Å². The maximum Gasteiger partial charge on any atom is 0.127 e. The van der Waals surface area contributed by atoms with Gasteiger partial charge < -0.3 is 10.1 Å². The van der Waals surface area contributed by atoms with Crippen molar-refractivity contribution in [1.82, 2.24) is 0 Å². The fraction of sp³-hybridized carbons (Fsp3) is 0.333. The van der Waals surface area contributed by atoms with Gasteiger partial charge in [0.15, 0.2) is 0 Å². The van der Waals surface area contributed by atoms with Crippen LogP contribution in [0.15, 0.2) is 66.2 Å². The number of para-hydroxylation sites is 1. The molecule has 2 heteroatoms. The summed E-state index contributed by atoms with van der Waals surface area (Å²) in [4.78, 5) is 0. The molecule has 1 atom stereocenters. The van der Waals surface area contributed by atoms with Gasteiger partial charge >= 0.3 is 0 Å². The molecule has 2 nitrogen and oxygen atoms in total. The van der Waals surface area contributed by atoms with Crippen LogP contribution in [-0.4, -0.2) is 6.04 Å². The van der Waals surface area contributed by atoms with Gasteiger partial charge in [0.05, 0.1) is 0 Å². The molecule has 1 aliphatic carbocycles. The lowest BCUT2D eigenvalue weighted by atomic mass is 9.95. The van der Waals surface area contributed by atoms with E-state index in [1.54, 1.807) is 5.57 Å². The molecule has 1 N–H and O–H groups in total. The highest BCUT2D eigenvalue weighted by Gasteiger charge is 2.09. The molecule has 3 rings (SSSR count). The van der Waals surface area contributed by atoms with E-state index >= 15 is 0 Å². The topological polar surface area (TPSA) is 21.3 Å². The maximum absolute atomic E-state index is 5.82. The Hall–Kier alpha value is -2.22. The first-order valence-corrected chi connectivity index (χ1v) is 8.57. The average Bonchev–Trinajstić information content (AvgIpc) is 2.58. The van der Waals surface area contributed by atoms with Gasteiger partial charge in [0.25, 0.3) is 0 Å². The van der Waals surface area contributed by atoms with Crippen LogP contribution in [0.25, 0.3) is 0 Å². The van der Waals surface area contributed by atoms with Crippen molar-refractivity contribution in [2.75, 3.05) is 5.32 Å². The fourth-order valence-electron chi connectivity index (χ4n) is 3.06. The summed E-state index contributed by atoms with van der Waals surface area (Å²) < 4.78 is 5.82. The van der Waals surface area contributed by atoms with E-state index in [0.29, 0.717) is 6.04 Å². The molecule has 2 aromatic carbocycles. The van der Waals surface area contributed by atoms with Gasteiger partial charge in [0.2, 0.25) is 0 Å². The summed E-state index contributed by atoms with van der Waals surface area (Å²) in [5.41, 5.74) is 2.76. The summed E-state index contributed by atoms with van der Waals surface area (Å²) >= 11 is 0. The molecule has 120 valence electrons. The van der Waals surface area contributed by atoms with Crippen LogP contribution in [0.1, 0.15) is 39.0 Å². The molecule has 0 aliphatic heterocycles. The predicted molar refractivity (Wildman–Crippen MR) is 97.2 cm³/mol. The van der Waals surface area contributed by atoms with E-state index < -0.39 is 0 Å². The Kier molecular flexibility index (Phi) is 5.36. The Morgan fingerprint density at radius 2 is 1.70 bits per heavy atom. The van der Waals surface area contributed by atoms with Crippen molar-refractivity contribution in [3.8, 4) is 11.5 Å². The zero-order chi connectivity index (χ0) is 15.9. The lowest BCUT2D eigenvalue weighted by Gasteiger charge is -2.19. The number of ether oxygens (including phenoxy) is 1. The van der Waals surface area contributed by atoms with Crippen LogP contribution in [0.4, 0.5) is 5.69 Å². The summed E-state index contributed by atoms with van der Waals surface area (Å²) in [6.07, 6.45) is 8.81. The Balaban J connectivity index is 1.53. The van der Waals surface area contributed by atoms with Crippen LogP contribution in [-0.2, 0) is 0 Å². The molecule has 0 radical (unpaired) electrons. The summed E-state index contributed by atoms with van der Waals surface area (Å²) in [5.74, 6) is 1.73. The molecule has 0 heterocycles. The first kappa shape index (κ1) is 15.7. The van der Waals surface area contributed by atoms with Gasteiger partial charge in [0, 0.05) is 11.7 Å². The van der Waals surface area contributed by atoms with Crippen molar-refractivity contribution in [2.45, 2.75) is 45.1 Å². The number of hydrogen-bond donors (Lipinski definition) is 1. The van der Waals surface area contributed by atoms with Crippen molar-refractivity contribution in [2.24, 2.45) is 0 Å². The van der Waals surface area contributed by atoms with Crippen LogP contribution in [0.2, 0.25) is 0 Å². The number of allylic oxidation sites excluding steroid dienone is 1. The smallest absolute Gasteiger partial charge is 0.127 e. The highest BCUT2D eigenvalue weighted by molar-refractivity contribution is 5.48. The molecule has 0 saturated carbocycles. The number of nitrogens with one attached hydrogen (secondary N) is 1. The molecule has 1 aliphatic rings. The second-order valence-electron chi connectivity index (χ2n) is 6.30. The van der Waals surface area contributed by atoms with Crippen LogP contribution in [0.3, 0.4) is 0 Å². The molecule has 0 spiro atoms. The van der Waals surface area contributed by atoms with Gasteiger partial charge in [-0.25, -0.2) is 0 Å². The van der Waals surface area contributed by atoms with E-state index in [4.69, 9.17) is 4.74 Å². The lowest BCUT2D eigenvalue weighted by molar-refractivity contribution is 0.483. The maximum atomic E-state index is 5.82. The number of rotatable bonds is 6. The number of hydrogen-bond acceptors (Lipinski definition) is 2. The highest BCUT2D eigenvalue weighted by Crippen LogP contribution is 2.25. The van der Waals surface area contributed by atoms with Gasteiger partial charge in [-0.05, 0) is 75.4 Å². The summed E-state index contributed by atoms with van der Waals surface area (Å²) in [5, 5.41) is 3.58. The monoisotopic (exact) mass is 307 g/mol. The minimum absolute atomic E-state index is 0.459. The van der Waals surface area contributed by atoms with E-state index in [1.165, 1.54) is 25.7 Å². The Morgan fingerprint density at radius 3 is 2.39 bits per heavy atom. The van der Waals surface area contributed by atoms with Gasteiger partial charge in [-0.3, -0.25) is 0 Å². The fourth-order valence-corrected chi connectivity index (χ4v) is 3.06. The molecular formula is C21H25NO. The molecular weight excluding hydrogens is 282 g/mol. The van der Waals surface area contributed by atoms with Gasteiger partial charge in [-0.15, -0.1) is 0 Å². The van der Waals surface area contributed by atoms with Crippen molar-refractivity contribution in [3.05, 3.63) is 66.2 Å². The van der Waals surface area contributed by atoms with E-state index in [0.717, 1.165) is 23.6 Å². The summed E-state index contributed by atoms with van der Waals surface area (Å²) in [6.45, 7) is 2.25. The van der Waals surface area contributed by atoms with Crippen molar-refractivity contribution < 1.29 is 4.74 Å². The summed E-state index contributed by atoms with van der Waals surface area (Å²) in [6, 6.07) is 18.5. The second kappa shape index (κ2) is 7.87. The third kappa shape index (κ3) is 4.88. The Labute approximate surface area is 139 Å². The molecule has 0 amide bonds. The van der Waals surface area contributed by atoms with Crippen LogP contribution in [0.5, 0.6) is 11.5 Å². The lowest BCUT2D eigenvalue weighted by Crippen LogP contribution is -2.16. The zero-order valence-electron chi connectivity index (χ0n) is 13.8. The highest BCUT2D eigenvalue weighted by atomic mass is 16.5. The standard InChI is InChI=1S/C21H25NO/c1-17(16-18-8-4-2-5-9-18)22-19-12-14-21(15-13-19)23-20-10-6-3-7-11-20/h3,6-8,10-15,17,22H,2,4-5,9,16H2,1H3. The minimum atomic E-state index is 0.459. The molecule has 1 unspecified atom stereocenters. The Bertz CT molecular complexity index is 631. The first-order valence-electron chi connectivity index (χ1n) is 8.57. The van der Waals surface area contributed by atoms with E-state index in [-0.39, 0.29) is 0 Å². The quantitative estimate of drug-likeness (QED) is 0.644. The molecule has 2 aromatic rings. The Morgan fingerprint density at radius 1 is 0.957 bits per heavy atom. The molecule has 0 aromatic heterocycles. The van der Waals surface area contributed by atoms with Crippen molar-refractivity contribution >= 4 is 5.69 Å². The van der Waals surface area contributed by atoms with Crippen molar-refractivity contribution in [3.63, 3.8) is 0 Å². The average molecular weight is 307 g/mol. The van der Waals surface area contributed by atoms with Crippen molar-refractivity contribution in [1.29, 1.82) is 0 Å². The SMILES string of the molecule is CC(CC1=CCCCC1)Nc1ccc(Oc2ccccc2)cc1.